The highest BCUT2D eigenvalue weighted by Crippen LogP contribution is 2.39. The standard InChI is InChI=1S/C11H18O2/c1-2-3-4-7-11(10(12)13)8-5-6-9-11/h4,7H,2-3,5-6,8-9H2,1H3,(H,12,13)/b7-4+. The van der Waals surface area contributed by atoms with Crippen LogP contribution in [-0.2, 0) is 4.79 Å². The Kier molecular flexibility index (Phi) is 3.52. The zero-order chi connectivity index (χ0) is 9.73. The monoisotopic (exact) mass is 182 g/mol. The number of rotatable bonds is 4. The maximum atomic E-state index is 11.1. The van der Waals surface area contributed by atoms with Crippen molar-refractivity contribution in [3.8, 4) is 0 Å². The second-order valence-electron chi connectivity index (χ2n) is 3.86. The van der Waals surface area contributed by atoms with Gasteiger partial charge < -0.3 is 5.11 Å². The summed E-state index contributed by atoms with van der Waals surface area (Å²) in [6.07, 6.45) is 9.79. The summed E-state index contributed by atoms with van der Waals surface area (Å²) in [5, 5.41) is 9.11. The highest BCUT2D eigenvalue weighted by atomic mass is 16.4. The predicted octanol–water partition coefficient (Wildman–Crippen LogP) is 2.99. The van der Waals surface area contributed by atoms with Crippen LogP contribution in [0, 0.1) is 5.41 Å². The third-order valence-corrected chi connectivity index (χ3v) is 2.81. The molecule has 2 nitrogen and oxygen atoms in total. The minimum atomic E-state index is -0.641. The van der Waals surface area contributed by atoms with Crippen LogP contribution < -0.4 is 0 Å². The lowest BCUT2D eigenvalue weighted by Crippen LogP contribution is -2.24. The molecule has 0 radical (unpaired) electrons. The Labute approximate surface area is 79.6 Å². The van der Waals surface area contributed by atoms with Crippen molar-refractivity contribution in [2.24, 2.45) is 5.41 Å². The molecule has 74 valence electrons. The van der Waals surface area contributed by atoms with Gasteiger partial charge in [-0.1, -0.05) is 38.3 Å². The number of aliphatic carboxylic acids is 1. The molecule has 0 bridgehead atoms. The van der Waals surface area contributed by atoms with Crippen molar-refractivity contribution < 1.29 is 9.90 Å². The van der Waals surface area contributed by atoms with Crippen molar-refractivity contribution in [1.82, 2.24) is 0 Å². The number of hydrogen-bond acceptors (Lipinski definition) is 1. The molecular weight excluding hydrogens is 164 g/mol. The van der Waals surface area contributed by atoms with Crippen molar-refractivity contribution in [2.45, 2.75) is 45.4 Å². The Morgan fingerprint density at radius 3 is 2.54 bits per heavy atom. The molecule has 1 aliphatic carbocycles. The lowest BCUT2D eigenvalue weighted by Gasteiger charge is -2.18. The van der Waals surface area contributed by atoms with Crippen LogP contribution in [-0.4, -0.2) is 11.1 Å². The first-order valence-corrected chi connectivity index (χ1v) is 5.12. The Bertz CT molecular complexity index is 200. The number of carboxylic acids is 1. The van der Waals surface area contributed by atoms with Crippen molar-refractivity contribution in [2.75, 3.05) is 0 Å². The molecule has 0 aliphatic heterocycles. The molecule has 1 aliphatic rings. The molecule has 1 N–H and O–H groups in total. The van der Waals surface area contributed by atoms with Crippen LogP contribution in [0.25, 0.3) is 0 Å². The van der Waals surface area contributed by atoms with E-state index in [9.17, 15) is 4.79 Å². The molecular formula is C11H18O2. The lowest BCUT2D eigenvalue weighted by atomic mass is 9.86. The molecule has 0 heterocycles. The summed E-state index contributed by atoms with van der Waals surface area (Å²) in [5.74, 6) is -0.641. The first kappa shape index (κ1) is 10.3. The van der Waals surface area contributed by atoms with E-state index in [1.54, 1.807) is 0 Å². The Hall–Kier alpha value is -0.790. The van der Waals surface area contributed by atoms with Crippen LogP contribution in [0.4, 0.5) is 0 Å². The van der Waals surface area contributed by atoms with E-state index in [1.807, 2.05) is 12.2 Å². The van der Waals surface area contributed by atoms with Crippen molar-refractivity contribution >= 4 is 5.97 Å². The van der Waals surface area contributed by atoms with Gasteiger partial charge in [-0.15, -0.1) is 0 Å². The SMILES string of the molecule is CCC/C=C/C1(C(=O)O)CCCC1. The quantitative estimate of drug-likeness (QED) is 0.678. The molecule has 0 aromatic heterocycles. The van der Waals surface area contributed by atoms with Gasteiger partial charge in [0.05, 0.1) is 5.41 Å². The van der Waals surface area contributed by atoms with Crippen LogP contribution >= 0.6 is 0 Å². The molecule has 0 unspecified atom stereocenters. The number of carbonyl (C=O) groups is 1. The summed E-state index contributed by atoms with van der Waals surface area (Å²) in [6.45, 7) is 2.10. The first-order valence-electron chi connectivity index (χ1n) is 5.12. The average Bonchev–Trinajstić information content (AvgIpc) is 2.55. The molecule has 0 aromatic rings. The summed E-state index contributed by atoms with van der Waals surface area (Å²) in [5.41, 5.74) is -0.519. The molecule has 0 aromatic carbocycles. The van der Waals surface area contributed by atoms with E-state index in [2.05, 4.69) is 6.92 Å². The Balaban J connectivity index is 2.62. The fourth-order valence-electron chi connectivity index (χ4n) is 1.93. The first-order chi connectivity index (χ1) is 6.21. The van der Waals surface area contributed by atoms with Gasteiger partial charge >= 0.3 is 5.97 Å². The summed E-state index contributed by atoms with van der Waals surface area (Å²) in [6, 6.07) is 0. The van der Waals surface area contributed by atoms with Crippen LogP contribution in [0.1, 0.15) is 45.4 Å². The lowest BCUT2D eigenvalue weighted by molar-refractivity contribution is -0.145. The maximum absolute atomic E-state index is 11.1. The second-order valence-corrected chi connectivity index (χ2v) is 3.86. The third-order valence-electron chi connectivity index (χ3n) is 2.81. The predicted molar refractivity (Wildman–Crippen MR) is 52.6 cm³/mol. The van der Waals surface area contributed by atoms with E-state index in [1.165, 1.54) is 0 Å². The molecule has 0 saturated heterocycles. The number of allylic oxidation sites excluding steroid dienone is 1. The van der Waals surface area contributed by atoms with Gasteiger partial charge in [0.2, 0.25) is 0 Å². The van der Waals surface area contributed by atoms with Crippen molar-refractivity contribution in [1.29, 1.82) is 0 Å². The van der Waals surface area contributed by atoms with Crippen LogP contribution in [0.15, 0.2) is 12.2 Å². The van der Waals surface area contributed by atoms with Crippen molar-refractivity contribution in [3.05, 3.63) is 12.2 Å². The van der Waals surface area contributed by atoms with Gasteiger partial charge in [-0.05, 0) is 19.3 Å². The Morgan fingerprint density at radius 1 is 1.46 bits per heavy atom. The summed E-state index contributed by atoms with van der Waals surface area (Å²) in [7, 11) is 0. The number of hydrogen-bond donors (Lipinski definition) is 1. The topological polar surface area (TPSA) is 37.3 Å². The highest BCUT2D eigenvalue weighted by Gasteiger charge is 2.38. The van der Waals surface area contributed by atoms with Gasteiger partial charge in [0, 0.05) is 0 Å². The zero-order valence-electron chi connectivity index (χ0n) is 8.25. The minimum absolute atomic E-state index is 0.519. The molecule has 1 saturated carbocycles. The molecule has 0 atom stereocenters. The van der Waals surface area contributed by atoms with E-state index in [0.717, 1.165) is 38.5 Å². The van der Waals surface area contributed by atoms with Crippen LogP contribution in [0.3, 0.4) is 0 Å². The van der Waals surface area contributed by atoms with Crippen LogP contribution in [0.2, 0.25) is 0 Å². The van der Waals surface area contributed by atoms with Gasteiger partial charge in [-0.3, -0.25) is 4.79 Å². The molecule has 13 heavy (non-hydrogen) atoms. The fraction of sp³-hybridized carbons (Fsp3) is 0.727. The summed E-state index contributed by atoms with van der Waals surface area (Å²) in [4.78, 5) is 11.1. The van der Waals surface area contributed by atoms with E-state index < -0.39 is 11.4 Å². The van der Waals surface area contributed by atoms with Gasteiger partial charge in [-0.25, -0.2) is 0 Å². The van der Waals surface area contributed by atoms with Crippen LogP contribution in [0.5, 0.6) is 0 Å². The van der Waals surface area contributed by atoms with E-state index in [-0.39, 0.29) is 0 Å². The molecule has 0 amide bonds. The highest BCUT2D eigenvalue weighted by molar-refractivity contribution is 5.77. The molecule has 2 heteroatoms. The van der Waals surface area contributed by atoms with Gasteiger partial charge in [0.1, 0.15) is 0 Å². The smallest absolute Gasteiger partial charge is 0.313 e. The average molecular weight is 182 g/mol. The normalized spacial score (nSPS) is 21.0. The van der Waals surface area contributed by atoms with E-state index >= 15 is 0 Å². The Morgan fingerprint density at radius 2 is 2.08 bits per heavy atom. The molecule has 1 fully saturated rings. The van der Waals surface area contributed by atoms with E-state index in [4.69, 9.17) is 5.11 Å². The molecule has 0 spiro atoms. The van der Waals surface area contributed by atoms with Gasteiger partial charge in [0.15, 0.2) is 0 Å². The largest absolute Gasteiger partial charge is 0.481 e. The molecule has 1 rings (SSSR count). The fourth-order valence-corrected chi connectivity index (χ4v) is 1.93. The third kappa shape index (κ3) is 2.33. The minimum Gasteiger partial charge on any atom is -0.481 e. The van der Waals surface area contributed by atoms with Gasteiger partial charge in [-0.2, -0.15) is 0 Å². The zero-order valence-corrected chi connectivity index (χ0v) is 8.25. The van der Waals surface area contributed by atoms with Crippen molar-refractivity contribution in [3.63, 3.8) is 0 Å². The second kappa shape index (κ2) is 4.45. The number of unbranched alkanes of at least 4 members (excludes halogenated alkanes) is 1. The van der Waals surface area contributed by atoms with E-state index in [0.29, 0.717) is 0 Å². The maximum Gasteiger partial charge on any atom is 0.313 e. The number of carboxylic acid groups (broad SMARTS) is 1. The summed E-state index contributed by atoms with van der Waals surface area (Å²) >= 11 is 0. The summed E-state index contributed by atoms with van der Waals surface area (Å²) < 4.78 is 0. The van der Waals surface area contributed by atoms with Gasteiger partial charge in [0.25, 0.3) is 0 Å².